The Morgan fingerprint density at radius 2 is 1.67 bits per heavy atom. The largest absolute Gasteiger partial charge is 0.461 e. The molecule has 1 aromatic carbocycles. The molecule has 7 fully saturated rings. The minimum absolute atomic E-state index is 0.0358. The Balaban J connectivity index is 0.000000630. The van der Waals surface area contributed by atoms with Crippen molar-refractivity contribution in [2.24, 2.45) is 40.4 Å². The maximum Gasteiger partial charge on any atom is 0.340 e. The highest BCUT2D eigenvalue weighted by atomic mass is 35.7. The average Bonchev–Trinajstić information content (AvgIpc) is 3.69. The van der Waals surface area contributed by atoms with Gasteiger partial charge in [-0.15, -0.1) is 0 Å². The van der Waals surface area contributed by atoms with Gasteiger partial charge in [0.05, 0.1) is 63.2 Å². The lowest BCUT2D eigenvalue weighted by atomic mass is 9.42. The zero-order valence-electron chi connectivity index (χ0n) is 33.5. The number of carbonyl (C=O) groups excluding carboxylic acids is 3. The standard InChI is InChI=1S/C37H50N2O10.C2H6O.ClHO4/c1-7-38-17-34(18-49-32(42)20-10-8-9-11-23(20)39-26(40)14-19(2)31(39)41)13-12-25(46-4)36-22-15-21-24(45-3)16-35(43,27(22)28(21)47-5)37(44,33(36)38)30(48-6)29(34)36;1-2-3;2-1(3,4)5/h8-11,19,21-22,24-25,27-30,33,43-44H,7,12-18H2,1-6H3;3H,2H2,1H3;(H,2,3,4,5)/t19?,21-,22?,24+,25+,27?,28+,29?,30+,33+,34?,35-,36+,37+;;/m1../s1. The van der Waals surface area contributed by atoms with Crippen LogP contribution in [-0.2, 0) is 33.3 Å². The number of hydrogen-bond acceptors (Lipinski definition) is 16. The minimum Gasteiger partial charge on any atom is -0.461 e. The number of benzene rings is 1. The molecule has 5 saturated carbocycles. The van der Waals surface area contributed by atoms with Crippen molar-refractivity contribution < 1.29 is 82.3 Å². The van der Waals surface area contributed by atoms with Crippen LogP contribution in [0.25, 0.3) is 0 Å². The second-order valence-electron chi connectivity index (χ2n) is 16.7. The normalized spacial score (nSPS) is 42.6. The van der Waals surface area contributed by atoms with Gasteiger partial charge in [0.15, 0.2) is 0 Å². The molecule has 0 radical (unpaired) electrons. The first kappa shape index (κ1) is 44.2. The number of likely N-dealkylation sites (tertiary alicyclic amines) is 1. The van der Waals surface area contributed by atoms with E-state index in [0.717, 1.165) is 11.3 Å². The van der Waals surface area contributed by atoms with Crippen molar-refractivity contribution in [3.05, 3.63) is 29.8 Å². The van der Waals surface area contributed by atoms with Gasteiger partial charge in [-0.2, -0.15) is 14.0 Å². The number of aliphatic hydroxyl groups is 3. The van der Waals surface area contributed by atoms with Gasteiger partial charge in [-0.3, -0.25) is 14.5 Å². The van der Waals surface area contributed by atoms with Crippen LogP contribution in [0.15, 0.2) is 24.3 Å². The predicted molar refractivity (Wildman–Crippen MR) is 189 cm³/mol. The van der Waals surface area contributed by atoms with Crippen molar-refractivity contribution >= 4 is 23.5 Å². The number of piperidine rings is 1. The lowest BCUT2D eigenvalue weighted by Crippen LogP contribution is -2.82. The van der Waals surface area contributed by atoms with Crippen molar-refractivity contribution in [3.63, 3.8) is 0 Å². The number of fused-ring (bicyclic) bond motifs is 2. The molecule has 2 aliphatic heterocycles. The molecule has 14 atom stereocenters. The number of aliphatic hydroxyl groups excluding tert-OH is 1. The summed E-state index contributed by atoms with van der Waals surface area (Å²) in [4.78, 5) is 43.3. The molecule has 5 aliphatic carbocycles. The number of para-hydroxylation sites is 1. The second kappa shape index (κ2) is 15.9. The van der Waals surface area contributed by atoms with Crippen LogP contribution in [0.2, 0.25) is 0 Å². The molecular weight excluding hydrogens is 772 g/mol. The quantitative estimate of drug-likeness (QED) is 0.154. The maximum absolute atomic E-state index is 14.1. The second-order valence-corrected chi connectivity index (χ2v) is 17.5. The Kier molecular flexibility index (Phi) is 12.3. The Morgan fingerprint density at radius 3 is 2.21 bits per heavy atom. The Hall–Kier alpha value is -2.36. The molecule has 4 N–H and O–H groups in total. The van der Waals surface area contributed by atoms with Crippen molar-refractivity contribution in [3.8, 4) is 0 Å². The summed E-state index contributed by atoms with van der Waals surface area (Å²) in [6.45, 7) is 6.88. The topological polar surface area (TPSA) is 254 Å². The third-order valence-corrected chi connectivity index (χ3v) is 14.5. The first-order valence-corrected chi connectivity index (χ1v) is 20.8. The van der Waals surface area contributed by atoms with E-state index in [1.807, 2.05) is 0 Å². The smallest absolute Gasteiger partial charge is 0.340 e. The summed E-state index contributed by atoms with van der Waals surface area (Å²) in [5.74, 6) is -2.47. The van der Waals surface area contributed by atoms with Crippen LogP contribution in [0.4, 0.5) is 5.69 Å². The fraction of sp³-hybridized carbons (Fsp3) is 0.769. The van der Waals surface area contributed by atoms with Crippen molar-refractivity contribution in [1.29, 1.82) is 0 Å². The van der Waals surface area contributed by atoms with E-state index in [0.29, 0.717) is 25.9 Å². The van der Waals surface area contributed by atoms with E-state index in [1.165, 1.54) is 0 Å². The zero-order valence-corrected chi connectivity index (χ0v) is 34.3. The maximum atomic E-state index is 14.1. The van der Waals surface area contributed by atoms with Crippen LogP contribution in [0.1, 0.15) is 63.2 Å². The van der Waals surface area contributed by atoms with Gasteiger partial charge in [0.2, 0.25) is 11.8 Å². The van der Waals surface area contributed by atoms with E-state index in [4.69, 9.17) is 47.4 Å². The Bertz CT molecular complexity index is 1680. The highest BCUT2D eigenvalue weighted by molar-refractivity contribution is 6.22. The summed E-state index contributed by atoms with van der Waals surface area (Å²) in [7, 11) is 2.01. The van der Waals surface area contributed by atoms with Crippen LogP contribution in [-0.4, -0.2) is 139 Å². The van der Waals surface area contributed by atoms with E-state index < -0.39 is 56.3 Å². The van der Waals surface area contributed by atoms with Crippen LogP contribution in [0.5, 0.6) is 0 Å². The molecule has 57 heavy (non-hydrogen) atoms. The van der Waals surface area contributed by atoms with Crippen LogP contribution in [0.3, 0.4) is 0 Å². The monoisotopic (exact) mass is 828 g/mol. The number of imide groups is 1. The first-order chi connectivity index (χ1) is 26.9. The van der Waals surface area contributed by atoms with E-state index >= 15 is 0 Å². The van der Waals surface area contributed by atoms with Gasteiger partial charge < -0.3 is 39.0 Å². The van der Waals surface area contributed by atoms with Crippen molar-refractivity contribution in [2.45, 2.75) is 94.5 Å². The number of halogens is 1. The fourth-order valence-corrected chi connectivity index (χ4v) is 13.2. The summed E-state index contributed by atoms with van der Waals surface area (Å²) in [5, 5.41) is 34.2. The number of rotatable bonds is 9. The predicted octanol–water partition coefficient (Wildman–Crippen LogP) is -2.09. The number of esters is 1. The molecule has 2 amide bonds. The number of methoxy groups -OCH3 is 4. The van der Waals surface area contributed by atoms with Gasteiger partial charge in [-0.1, -0.05) is 26.0 Å². The van der Waals surface area contributed by atoms with E-state index in [1.54, 1.807) is 66.6 Å². The number of amides is 2. The number of ether oxygens (including phenoxy) is 5. The average molecular weight is 829 g/mol. The molecular formula is C39H57ClN2O15. The number of nitrogens with zero attached hydrogens (tertiary/aromatic N) is 2. The van der Waals surface area contributed by atoms with Crippen molar-refractivity contribution in [2.75, 3.05) is 59.6 Å². The third-order valence-electron chi connectivity index (χ3n) is 14.5. The lowest BCUT2D eigenvalue weighted by Gasteiger charge is -2.70. The zero-order chi connectivity index (χ0) is 42.0. The third kappa shape index (κ3) is 6.39. The van der Waals surface area contributed by atoms with Gasteiger partial charge in [-0.05, 0) is 50.8 Å². The number of hydrogen-bond donors (Lipinski definition) is 4. The van der Waals surface area contributed by atoms with Gasteiger partial charge in [0.1, 0.15) is 11.2 Å². The van der Waals surface area contributed by atoms with E-state index in [2.05, 4.69) is 11.8 Å². The van der Waals surface area contributed by atoms with Gasteiger partial charge >= 0.3 is 5.97 Å². The van der Waals surface area contributed by atoms with Gasteiger partial charge in [0.25, 0.3) is 0 Å². The number of carbonyl (C=O) groups is 3. The van der Waals surface area contributed by atoms with Gasteiger partial charge in [0, 0.05) is 88.9 Å². The van der Waals surface area contributed by atoms with Gasteiger partial charge in [-0.25, -0.2) is 9.69 Å². The molecule has 2 saturated heterocycles. The van der Waals surface area contributed by atoms with Crippen LogP contribution in [0, 0.1) is 50.7 Å². The molecule has 8 rings (SSSR count). The molecule has 7 aliphatic rings. The number of likely N-dealkylation sites (N-methyl/N-ethyl adjacent to an activating group) is 1. The summed E-state index contributed by atoms with van der Waals surface area (Å²) < 4.78 is 64.1. The molecule has 17 nitrogen and oxygen atoms in total. The fourth-order valence-electron chi connectivity index (χ4n) is 13.2. The van der Waals surface area contributed by atoms with Crippen molar-refractivity contribution in [1.82, 2.24) is 4.90 Å². The molecule has 18 heteroatoms. The first-order valence-electron chi connectivity index (χ1n) is 19.5. The van der Waals surface area contributed by atoms with Crippen LogP contribution < -0.4 is 18.9 Å². The summed E-state index contributed by atoms with van der Waals surface area (Å²) in [6, 6.07) is 6.12. The van der Waals surface area contributed by atoms with E-state index in [9.17, 15) is 24.6 Å². The highest BCUT2D eigenvalue weighted by Gasteiger charge is 2.91. The SMILES string of the molecule is CCN1CC2(COC(=O)c3ccccc3N3C(=O)CC(C)C3=O)CC[C@H](OC)[C@@]34C5C[C@@H]6[C@@H](OC)C[C@@](O)(C5[C@H]6OC)[C@](O)([C@@H](OC)C23)[C@@H]14.CCO.[O-][Cl+3]([O-])([O-])O. The summed E-state index contributed by atoms with van der Waals surface area (Å²) in [5.41, 5.74) is -4.17. The molecule has 320 valence electrons. The highest BCUT2D eigenvalue weighted by Crippen LogP contribution is 2.80. The molecule has 7 bridgehead atoms. The molecule has 5 unspecified atom stereocenters. The molecule has 2 heterocycles. The molecule has 0 aromatic heterocycles. The summed E-state index contributed by atoms with van der Waals surface area (Å²) in [6.07, 6.45) is 0.813. The molecule has 1 spiro atoms. The van der Waals surface area contributed by atoms with E-state index in [-0.39, 0.29) is 91.1 Å². The number of anilines is 1. The molecule has 1 aromatic rings. The Labute approximate surface area is 334 Å². The van der Waals surface area contributed by atoms with Crippen LogP contribution >= 0.6 is 0 Å². The minimum atomic E-state index is -4.69. The Morgan fingerprint density at radius 1 is 1.02 bits per heavy atom. The lowest BCUT2D eigenvalue weighted by molar-refractivity contribution is -1.92. The summed E-state index contributed by atoms with van der Waals surface area (Å²) >= 11 is 0.